The Hall–Kier alpha value is 0.290. The van der Waals surface area contributed by atoms with Gasteiger partial charge in [0.25, 0.3) is 0 Å². The Morgan fingerprint density at radius 3 is 2.60 bits per heavy atom. The summed E-state index contributed by atoms with van der Waals surface area (Å²) in [7, 11) is 0. The van der Waals surface area contributed by atoms with Crippen molar-refractivity contribution in [3.05, 3.63) is 27.1 Å². The lowest BCUT2D eigenvalue weighted by Gasteiger charge is -2.08. The third-order valence-electron chi connectivity index (χ3n) is 1.61. The zero-order valence-electron chi connectivity index (χ0n) is 8.08. The predicted molar refractivity (Wildman–Crippen MR) is 72.0 cm³/mol. The maximum atomic E-state index is 5.52. The van der Waals surface area contributed by atoms with Crippen LogP contribution in [0.4, 0.5) is 0 Å². The van der Waals surface area contributed by atoms with Gasteiger partial charge in [0.1, 0.15) is 12.4 Å². The van der Waals surface area contributed by atoms with Crippen LogP contribution in [0, 0.1) is 0 Å². The first-order chi connectivity index (χ1) is 7.24. The maximum absolute atomic E-state index is 5.52. The first-order valence-electron chi connectivity index (χ1n) is 4.50. The highest BCUT2D eigenvalue weighted by Gasteiger charge is 2.00. The molecule has 0 saturated carbocycles. The van der Waals surface area contributed by atoms with Crippen LogP contribution in [0.2, 0.25) is 0 Å². The van der Waals surface area contributed by atoms with Crippen LogP contribution in [0.1, 0.15) is 0 Å². The number of halogens is 2. The molecule has 0 fully saturated rings. The van der Waals surface area contributed by atoms with Gasteiger partial charge in [-0.2, -0.15) is 12.6 Å². The molecule has 15 heavy (non-hydrogen) atoms. The Kier molecular flexibility index (Phi) is 6.72. The number of rotatable bonds is 6. The van der Waals surface area contributed by atoms with Gasteiger partial charge in [-0.15, -0.1) is 0 Å². The van der Waals surface area contributed by atoms with Crippen molar-refractivity contribution in [1.29, 1.82) is 0 Å². The number of benzene rings is 1. The van der Waals surface area contributed by atoms with E-state index >= 15 is 0 Å². The third kappa shape index (κ3) is 5.24. The molecule has 0 unspecified atom stereocenters. The highest BCUT2D eigenvalue weighted by Crippen LogP contribution is 2.27. The van der Waals surface area contributed by atoms with Crippen molar-refractivity contribution in [3.63, 3.8) is 0 Å². The fourth-order valence-electron chi connectivity index (χ4n) is 0.969. The van der Waals surface area contributed by atoms with E-state index in [9.17, 15) is 0 Å². The van der Waals surface area contributed by atoms with E-state index in [2.05, 4.69) is 44.5 Å². The first kappa shape index (κ1) is 13.4. The van der Waals surface area contributed by atoms with Crippen LogP contribution in [0.3, 0.4) is 0 Å². The lowest BCUT2D eigenvalue weighted by atomic mass is 10.3. The lowest BCUT2D eigenvalue weighted by molar-refractivity contribution is 0.112. The molecule has 0 aromatic heterocycles. The van der Waals surface area contributed by atoms with Crippen molar-refractivity contribution in [1.82, 2.24) is 0 Å². The highest BCUT2D eigenvalue weighted by atomic mass is 79.9. The molecule has 2 nitrogen and oxygen atoms in total. The minimum Gasteiger partial charge on any atom is -0.490 e. The minimum atomic E-state index is 0.550. The SMILES string of the molecule is SCCOCCOc1ccc(Br)cc1Br. The van der Waals surface area contributed by atoms with Crippen LogP contribution in [-0.4, -0.2) is 25.6 Å². The summed E-state index contributed by atoms with van der Waals surface area (Å²) in [6.45, 7) is 1.80. The quantitative estimate of drug-likeness (QED) is 0.621. The Morgan fingerprint density at radius 1 is 1.13 bits per heavy atom. The van der Waals surface area contributed by atoms with Gasteiger partial charge in [0, 0.05) is 10.2 Å². The van der Waals surface area contributed by atoms with Gasteiger partial charge in [-0.05, 0) is 34.1 Å². The zero-order chi connectivity index (χ0) is 11.1. The highest BCUT2D eigenvalue weighted by molar-refractivity contribution is 9.11. The molecule has 0 bridgehead atoms. The second-order valence-electron chi connectivity index (χ2n) is 2.76. The molecule has 0 spiro atoms. The molecular weight excluding hydrogens is 344 g/mol. The summed E-state index contributed by atoms with van der Waals surface area (Å²) in [5, 5.41) is 0. The monoisotopic (exact) mass is 354 g/mol. The fourth-order valence-corrected chi connectivity index (χ4v) is 2.26. The van der Waals surface area contributed by atoms with Crippen molar-refractivity contribution in [2.24, 2.45) is 0 Å². The van der Waals surface area contributed by atoms with Crippen molar-refractivity contribution < 1.29 is 9.47 Å². The zero-order valence-corrected chi connectivity index (χ0v) is 12.1. The Bertz CT molecular complexity index is 307. The summed E-state index contributed by atoms with van der Waals surface area (Å²) >= 11 is 10.8. The van der Waals surface area contributed by atoms with Gasteiger partial charge in [0.05, 0.1) is 17.7 Å². The summed E-state index contributed by atoms with van der Waals surface area (Å²) in [6, 6.07) is 5.80. The van der Waals surface area contributed by atoms with E-state index in [1.807, 2.05) is 18.2 Å². The van der Waals surface area contributed by atoms with Gasteiger partial charge in [0.15, 0.2) is 0 Å². The molecule has 0 aliphatic heterocycles. The second-order valence-corrected chi connectivity index (χ2v) is 4.98. The van der Waals surface area contributed by atoms with E-state index in [4.69, 9.17) is 9.47 Å². The van der Waals surface area contributed by atoms with E-state index in [0.29, 0.717) is 19.8 Å². The maximum Gasteiger partial charge on any atom is 0.133 e. The van der Waals surface area contributed by atoms with Crippen LogP contribution < -0.4 is 4.74 Å². The van der Waals surface area contributed by atoms with Crippen molar-refractivity contribution in [2.75, 3.05) is 25.6 Å². The average molecular weight is 356 g/mol. The molecule has 0 radical (unpaired) electrons. The smallest absolute Gasteiger partial charge is 0.133 e. The van der Waals surface area contributed by atoms with Crippen molar-refractivity contribution in [2.45, 2.75) is 0 Å². The van der Waals surface area contributed by atoms with Crippen LogP contribution in [-0.2, 0) is 4.74 Å². The van der Waals surface area contributed by atoms with Gasteiger partial charge in [0.2, 0.25) is 0 Å². The summed E-state index contributed by atoms with van der Waals surface area (Å²) in [4.78, 5) is 0. The van der Waals surface area contributed by atoms with E-state index in [0.717, 1.165) is 20.4 Å². The standard InChI is InChI=1S/C10H12Br2O2S/c11-8-1-2-10(9(12)7-8)14-4-3-13-5-6-15/h1-2,7,15H,3-6H2. The van der Waals surface area contributed by atoms with E-state index in [1.165, 1.54) is 0 Å². The van der Waals surface area contributed by atoms with Crippen molar-refractivity contribution in [3.8, 4) is 5.75 Å². The molecular formula is C10H12Br2O2S. The summed E-state index contributed by atoms with van der Waals surface area (Å²) in [5.41, 5.74) is 0. The normalized spacial score (nSPS) is 10.3. The lowest BCUT2D eigenvalue weighted by Crippen LogP contribution is -2.08. The molecule has 0 atom stereocenters. The molecule has 0 saturated heterocycles. The van der Waals surface area contributed by atoms with Crippen LogP contribution >= 0.6 is 44.5 Å². The Balaban J connectivity index is 2.31. The van der Waals surface area contributed by atoms with Crippen LogP contribution in [0.5, 0.6) is 5.75 Å². The van der Waals surface area contributed by atoms with E-state index in [-0.39, 0.29) is 0 Å². The molecule has 0 heterocycles. The minimum absolute atomic E-state index is 0.550. The third-order valence-corrected chi connectivity index (χ3v) is 2.91. The number of hydrogen-bond acceptors (Lipinski definition) is 3. The molecule has 1 aromatic carbocycles. The Labute approximate surface area is 112 Å². The summed E-state index contributed by atoms with van der Waals surface area (Å²) in [6.07, 6.45) is 0. The molecule has 1 aromatic rings. The van der Waals surface area contributed by atoms with Crippen LogP contribution in [0.25, 0.3) is 0 Å². The molecule has 0 N–H and O–H groups in total. The average Bonchev–Trinajstić information content (AvgIpc) is 2.20. The number of hydrogen-bond donors (Lipinski definition) is 1. The molecule has 84 valence electrons. The van der Waals surface area contributed by atoms with Crippen LogP contribution in [0.15, 0.2) is 27.1 Å². The first-order valence-corrected chi connectivity index (χ1v) is 6.72. The summed E-state index contributed by atoms with van der Waals surface area (Å²) in [5.74, 6) is 1.56. The van der Waals surface area contributed by atoms with Gasteiger partial charge in [-0.3, -0.25) is 0 Å². The molecule has 0 amide bonds. The molecule has 0 aliphatic rings. The fraction of sp³-hybridized carbons (Fsp3) is 0.400. The largest absolute Gasteiger partial charge is 0.490 e. The van der Waals surface area contributed by atoms with E-state index < -0.39 is 0 Å². The summed E-state index contributed by atoms with van der Waals surface area (Å²) < 4.78 is 12.7. The Morgan fingerprint density at radius 2 is 1.93 bits per heavy atom. The van der Waals surface area contributed by atoms with Gasteiger partial charge < -0.3 is 9.47 Å². The van der Waals surface area contributed by atoms with Gasteiger partial charge >= 0.3 is 0 Å². The topological polar surface area (TPSA) is 18.5 Å². The van der Waals surface area contributed by atoms with Crippen molar-refractivity contribution >= 4 is 44.5 Å². The second kappa shape index (κ2) is 7.54. The van der Waals surface area contributed by atoms with Gasteiger partial charge in [-0.1, -0.05) is 15.9 Å². The van der Waals surface area contributed by atoms with Gasteiger partial charge in [-0.25, -0.2) is 0 Å². The number of ether oxygens (including phenoxy) is 2. The molecule has 1 rings (SSSR count). The van der Waals surface area contributed by atoms with E-state index in [1.54, 1.807) is 0 Å². The predicted octanol–water partition coefficient (Wildman–Crippen LogP) is 3.54. The number of thiol groups is 1. The molecule has 0 aliphatic carbocycles. The molecule has 5 heteroatoms.